The fourth-order valence-electron chi connectivity index (χ4n) is 6.63. The van der Waals surface area contributed by atoms with E-state index in [2.05, 4.69) is 107 Å². The van der Waals surface area contributed by atoms with Crippen molar-refractivity contribution in [2.75, 3.05) is 17.2 Å². The summed E-state index contributed by atoms with van der Waals surface area (Å²) in [4.78, 5) is 13.2. The van der Waals surface area contributed by atoms with E-state index in [-0.39, 0.29) is 21.4 Å². The third-order valence-corrected chi connectivity index (χ3v) is 9.86. The molecule has 4 heterocycles. The first-order valence-electron chi connectivity index (χ1n) is 18.2. The summed E-state index contributed by atoms with van der Waals surface area (Å²) in [5.74, 6) is 1.19. The van der Waals surface area contributed by atoms with Crippen LogP contribution in [0, 0.1) is 6.92 Å². The van der Waals surface area contributed by atoms with Crippen molar-refractivity contribution in [1.29, 1.82) is 0 Å². The Kier molecular flexibility index (Phi) is 17.2. The number of aromatic nitrogens is 6. The van der Waals surface area contributed by atoms with Crippen molar-refractivity contribution >= 4 is 116 Å². The summed E-state index contributed by atoms with van der Waals surface area (Å²) in [6, 6.07) is 8.09. The van der Waals surface area contributed by atoms with Gasteiger partial charge >= 0.3 is 21.4 Å². The van der Waals surface area contributed by atoms with Gasteiger partial charge in [-0.2, -0.15) is 0 Å². The monoisotopic (exact) mass is 943 g/mol. The predicted octanol–water partition coefficient (Wildman–Crippen LogP) is 10.0. The van der Waals surface area contributed by atoms with Crippen LogP contribution in [0.5, 0.6) is 0 Å². The lowest BCUT2D eigenvalue weighted by Gasteiger charge is -2.25. The lowest BCUT2D eigenvalue weighted by atomic mass is 9.74. The van der Waals surface area contributed by atoms with Gasteiger partial charge in [0.1, 0.15) is 0 Å². The number of anilines is 3. The molecule has 6 N–H and O–H groups in total. The zero-order chi connectivity index (χ0) is 41.5. The highest BCUT2D eigenvalue weighted by Gasteiger charge is 2.31. The number of imidazole rings is 3. The van der Waals surface area contributed by atoms with Gasteiger partial charge in [0.05, 0.1) is 57.8 Å². The summed E-state index contributed by atoms with van der Waals surface area (Å²) in [7, 11) is 5.59. The number of nitrogen functional groups attached to an aromatic ring is 3. The van der Waals surface area contributed by atoms with Crippen LogP contribution in [-0.4, -0.2) is 50.0 Å². The van der Waals surface area contributed by atoms with E-state index in [1.165, 1.54) is 5.56 Å². The van der Waals surface area contributed by atoms with Crippen LogP contribution in [0.25, 0.3) is 33.1 Å². The van der Waals surface area contributed by atoms with Crippen molar-refractivity contribution < 1.29 is 13.7 Å². The van der Waals surface area contributed by atoms with E-state index in [1.807, 2.05) is 99.4 Å². The number of halogens is 3. The average molecular weight is 946 g/mol. The first-order chi connectivity index (χ1) is 25.8. The third kappa shape index (κ3) is 11.1. The van der Waals surface area contributed by atoms with E-state index in [9.17, 15) is 0 Å². The number of nitrogens with zero attached hydrogens (tertiary/aromatic N) is 6. The van der Waals surface area contributed by atoms with Gasteiger partial charge in [-0.15, -0.1) is 0 Å². The molecule has 1 fully saturated rings. The summed E-state index contributed by atoms with van der Waals surface area (Å²) < 4.78 is 22.3. The Balaban J connectivity index is 0.000000197. The summed E-state index contributed by atoms with van der Waals surface area (Å²) in [5, 5.41) is 0. The molecule has 12 nitrogen and oxygen atoms in total. The van der Waals surface area contributed by atoms with E-state index < -0.39 is 0 Å². The van der Waals surface area contributed by atoms with Gasteiger partial charge in [0.15, 0.2) is 0 Å². The molecule has 3 aromatic heterocycles. The lowest BCUT2D eigenvalue weighted by Crippen LogP contribution is -2.44. The van der Waals surface area contributed by atoms with Crippen LogP contribution in [0.4, 0.5) is 17.1 Å². The first kappa shape index (κ1) is 46.4. The maximum Gasteiger partial charge on any atom is 0.426 e. The van der Waals surface area contributed by atoms with Gasteiger partial charge in [-0.25, -0.2) is 15.0 Å². The Labute approximate surface area is 351 Å². The number of aryl methyl sites for hydroxylation is 4. The van der Waals surface area contributed by atoms with Gasteiger partial charge in [-0.1, -0.05) is 41.5 Å². The van der Waals surface area contributed by atoms with E-state index in [4.69, 9.17) is 30.9 Å². The average Bonchev–Trinajstić information content (AvgIpc) is 3.78. The van der Waals surface area contributed by atoms with Crippen LogP contribution in [0.2, 0.25) is 20.5 Å². The van der Waals surface area contributed by atoms with Gasteiger partial charge in [-0.3, -0.25) is 0 Å². The first-order valence-corrected chi connectivity index (χ1v) is 22.7. The molecule has 6 aromatic rings. The van der Waals surface area contributed by atoms with Crippen molar-refractivity contribution in [2.24, 2.45) is 21.1 Å². The third-order valence-electron chi connectivity index (χ3n) is 9.21. The predicted molar refractivity (Wildman–Crippen MR) is 246 cm³/mol. The summed E-state index contributed by atoms with van der Waals surface area (Å²) in [6.07, 6.45) is 5.49. The molecule has 1 aliphatic heterocycles. The Morgan fingerprint density at radius 1 is 0.582 bits per heavy atom. The van der Waals surface area contributed by atoms with Crippen LogP contribution in [-0.2, 0) is 34.9 Å². The Bertz CT molecular complexity index is 2070. The van der Waals surface area contributed by atoms with Crippen LogP contribution in [0.1, 0.15) is 81.5 Å². The number of nitrogens with two attached hydrogens (primary N) is 3. The maximum atomic E-state index is 6.11. The minimum Gasteiger partial charge on any atom is -0.453 e. The zero-order valence-corrected chi connectivity index (χ0v) is 39.0. The fourth-order valence-corrected chi connectivity index (χ4v) is 7.06. The van der Waals surface area contributed by atoms with Gasteiger partial charge in [0.25, 0.3) is 0 Å². The molecule has 7 rings (SSSR count). The molecule has 0 amide bonds. The molecule has 0 unspecified atom stereocenters. The number of rotatable bonds is 3. The second kappa shape index (κ2) is 20.4. The van der Waals surface area contributed by atoms with Crippen molar-refractivity contribution in [3.63, 3.8) is 0 Å². The van der Waals surface area contributed by atoms with Crippen molar-refractivity contribution in [1.82, 2.24) is 28.7 Å². The minimum absolute atomic E-state index is 0.135. The largest absolute Gasteiger partial charge is 0.453 e. The normalized spacial score (nSPS) is 12.7. The maximum absolute atomic E-state index is 6.11. The van der Waals surface area contributed by atoms with Crippen LogP contribution in [0.15, 0.2) is 47.7 Å². The standard InChI is InChI=1S/C12H17N3.C11H14BrN3.C11H15N3.C3H9B3O3.Br2/c1-7(2)10-11(13)8(3)5-9-12(10)14-6-15(9)4;1-6(2)9-10(13)7(12)4-8-11(9)14-5-15(8)3;1-7(2)10-8(12)4-5-9-11(10)13-6-14(9)3;1-4-7-5(2)9-6(3)8-4;1-2/h5-7H,13H2,1-4H3;4-6H,13H2,1-3H3;4-7H,12H2,1-3H3;1-3H3;. The zero-order valence-electron chi connectivity index (χ0n) is 34.3. The molecule has 0 spiro atoms. The number of fused-ring (bicyclic) bond motifs is 3. The minimum atomic E-state index is -0.135. The van der Waals surface area contributed by atoms with Crippen molar-refractivity contribution in [3.05, 3.63) is 70.0 Å². The molecule has 0 aliphatic carbocycles. The highest BCUT2D eigenvalue weighted by atomic mass is 80.9. The molecule has 18 heteroatoms. The highest BCUT2D eigenvalue weighted by Crippen LogP contribution is 2.36. The van der Waals surface area contributed by atoms with E-state index in [0.29, 0.717) is 17.8 Å². The lowest BCUT2D eigenvalue weighted by molar-refractivity contribution is 0.294. The highest BCUT2D eigenvalue weighted by molar-refractivity contribution is 9.93. The van der Waals surface area contributed by atoms with Crippen molar-refractivity contribution in [3.8, 4) is 0 Å². The molecule has 55 heavy (non-hydrogen) atoms. The smallest absolute Gasteiger partial charge is 0.426 e. The summed E-state index contributed by atoms with van der Waals surface area (Å²) >= 11 is 8.99. The van der Waals surface area contributed by atoms with Crippen LogP contribution >= 0.6 is 44.2 Å². The number of hydrogen-bond donors (Lipinski definition) is 3. The number of benzene rings is 3. The molecule has 0 saturated carbocycles. The number of hydrogen-bond acceptors (Lipinski definition) is 9. The Morgan fingerprint density at radius 2 is 0.945 bits per heavy atom. The van der Waals surface area contributed by atoms with Gasteiger partial charge < -0.3 is 44.6 Å². The molecule has 1 saturated heterocycles. The fraction of sp³-hybridized carbons (Fsp3) is 0.432. The molecule has 0 atom stereocenters. The Morgan fingerprint density at radius 3 is 1.36 bits per heavy atom. The summed E-state index contributed by atoms with van der Waals surface area (Å²) in [5.41, 5.74) is 31.7. The molecular formula is C37H55B3Br3N9O3. The summed E-state index contributed by atoms with van der Waals surface area (Å²) in [6.45, 7) is 20.5. The van der Waals surface area contributed by atoms with Crippen LogP contribution < -0.4 is 17.2 Å². The second-order valence-electron chi connectivity index (χ2n) is 14.5. The van der Waals surface area contributed by atoms with Crippen LogP contribution in [0.3, 0.4) is 0 Å². The molecule has 3 aromatic carbocycles. The van der Waals surface area contributed by atoms with Gasteiger partial charge in [0, 0.05) is 81.9 Å². The SMILES string of the molecule is BrBr.CB1OB(C)OB(C)O1.CC(C)c1c(N)c(Br)cc2c1ncn2C.CC(C)c1c(N)ccc2c1ncn2C.Cc1cc2c(ncn2C)c(C(C)C)c1N. The van der Waals surface area contributed by atoms with Crippen molar-refractivity contribution in [2.45, 2.75) is 86.7 Å². The van der Waals surface area contributed by atoms with Gasteiger partial charge in [0.2, 0.25) is 0 Å². The van der Waals surface area contributed by atoms with E-state index >= 15 is 0 Å². The molecular weight excluding hydrogens is 891 g/mol. The molecule has 0 bridgehead atoms. The topological polar surface area (TPSA) is 159 Å². The van der Waals surface area contributed by atoms with Gasteiger partial charge in [-0.05, 0) is 90.9 Å². The quantitative estimate of drug-likeness (QED) is 0.116. The second-order valence-corrected chi connectivity index (χ2v) is 15.4. The molecule has 1 aliphatic rings. The van der Waals surface area contributed by atoms with E-state index in [1.54, 1.807) is 0 Å². The molecule has 0 radical (unpaired) electrons. The molecule has 296 valence electrons. The van der Waals surface area contributed by atoms with E-state index in [0.717, 1.165) is 71.3 Å². The Hall–Kier alpha value is -3.02.